The molecule has 0 radical (unpaired) electrons. The van der Waals surface area contributed by atoms with E-state index in [2.05, 4.69) is 0 Å². The molecule has 0 fully saturated rings. The summed E-state index contributed by atoms with van der Waals surface area (Å²) in [4.78, 5) is 22.1. The van der Waals surface area contributed by atoms with Gasteiger partial charge in [-0.1, -0.05) is 0 Å². The van der Waals surface area contributed by atoms with Crippen LogP contribution in [0.2, 0.25) is 0 Å². The Labute approximate surface area is 98.3 Å². The first-order valence-electron chi connectivity index (χ1n) is 4.80. The Bertz CT molecular complexity index is 439. The van der Waals surface area contributed by atoms with Crippen molar-refractivity contribution in [3.8, 4) is 5.75 Å². The van der Waals surface area contributed by atoms with Crippen LogP contribution in [0.3, 0.4) is 0 Å². The fourth-order valence-electron chi connectivity index (χ4n) is 1.24. The van der Waals surface area contributed by atoms with Gasteiger partial charge in [0.05, 0.1) is 18.2 Å². The van der Waals surface area contributed by atoms with E-state index in [1.54, 1.807) is 24.3 Å². The van der Waals surface area contributed by atoms with Crippen molar-refractivity contribution < 1.29 is 14.5 Å². The minimum absolute atomic E-state index is 0.312. The first kappa shape index (κ1) is 12.7. The first-order chi connectivity index (χ1) is 8.04. The van der Waals surface area contributed by atoms with E-state index in [4.69, 9.17) is 4.74 Å². The Hall–Kier alpha value is -2.37. The minimum atomic E-state index is -0.626. The van der Waals surface area contributed by atoms with Gasteiger partial charge in [-0.2, -0.15) is 0 Å². The molecule has 0 spiro atoms. The molecule has 0 heterocycles. The fraction of sp³-hybridized carbons (Fsp3) is 0.182. The summed E-state index contributed by atoms with van der Waals surface area (Å²) in [5.41, 5.74) is 0.538. The van der Waals surface area contributed by atoms with Crippen molar-refractivity contribution in [3.63, 3.8) is 0 Å². The molecule has 0 aliphatic heterocycles. The van der Waals surface area contributed by atoms with E-state index in [9.17, 15) is 14.9 Å². The van der Waals surface area contributed by atoms with Crippen LogP contribution in [-0.2, 0) is 4.79 Å². The number of methoxy groups -OCH3 is 1. The van der Waals surface area contributed by atoms with Gasteiger partial charge >= 0.3 is 0 Å². The summed E-state index contributed by atoms with van der Waals surface area (Å²) in [6.45, 7) is 1.33. The molecule has 17 heavy (non-hydrogen) atoms. The molecule has 0 saturated heterocycles. The van der Waals surface area contributed by atoms with Crippen LogP contribution < -0.4 is 9.64 Å². The smallest absolute Gasteiger partial charge is 0.250 e. The highest BCUT2D eigenvalue weighted by Gasteiger charge is 2.09. The number of ether oxygens (including phenoxy) is 1. The zero-order chi connectivity index (χ0) is 12.8. The summed E-state index contributed by atoms with van der Waals surface area (Å²) in [6.07, 6.45) is 1.83. The topological polar surface area (TPSA) is 72.7 Å². The van der Waals surface area contributed by atoms with E-state index in [1.807, 2.05) is 0 Å². The predicted molar refractivity (Wildman–Crippen MR) is 62.3 cm³/mol. The maximum absolute atomic E-state index is 11.3. The highest BCUT2D eigenvalue weighted by Crippen LogP contribution is 2.19. The molecule has 1 aromatic carbocycles. The molecule has 0 aliphatic rings. The number of anilines is 1. The van der Waals surface area contributed by atoms with Crippen molar-refractivity contribution >= 4 is 11.6 Å². The molecule has 6 nitrogen and oxygen atoms in total. The van der Waals surface area contributed by atoms with Crippen LogP contribution in [0.15, 0.2) is 36.7 Å². The molecule has 1 aromatic rings. The third kappa shape index (κ3) is 3.60. The van der Waals surface area contributed by atoms with E-state index in [0.717, 1.165) is 6.20 Å². The molecule has 0 atom stereocenters. The van der Waals surface area contributed by atoms with E-state index < -0.39 is 4.92 Å². The number of amides is 1. The van der Waals surface area contributed by atoms with Crippen LogP contribution in [0.25, 0.3) is 0 Å². The van der Waals surface area contributed by atoms with Crippen LogP contribution in [0.4, 0.5) is 5.69 Å². The van der Waals surface area contributed by atoms with Crippen molar-refractivity contribution in [3.05, 3.63) is 46.8 Å². The van der Waals surface area contributed by atoms with Gasteiger partial charge in [-0.05, 0) is 24.3 Å². The third-order valence-corrected chi connectivity index (χ3v) is 2.03. The average Bonchev–Trinajstić information content (AvgIpc) is 2.29. The lowest BCUT2D eigenvalue weighted by molar-refractivity contribution is -0.402. The van der Waals surface area contributed by atoms with E-state index in [-0.39, 0.29) is 5.91 Å². The number of rotatable bonds is 4. The zero-order valence-electron chi connectivity index (χ0n) is 9.49. The molecule has 0 saturated carbocycles. The maximum Gasteiger partial charge on any atom is 0.250 e. The summed E-state index contributed by atoms with van der Waals surface area (Å²) in [7, 11) is 1.53. The minimum Gasteiger partial charge on any atom is -0.497 e. The second-order valence-corrected chi connectivity index (χ2v) is 3.17. The molecule has 6 heteroatoms. The largest absolute Gasteiger partial charge is 0.497 e. The van der Waals surface area contributed by atoms with Crippen LogP contribution >= 0.6 is 0 Å². The quantitative estimate of drug-likeness (QED) is 0.590. The second kappa shape index (κ2) is 5.64. The molecule has 0 aromatic heterocycles. The summed E-state index contributed by atoms with van der Waals surface area (Å²) in [5.74, 6) is 0.337. The number of benzene rings is 1. The van der Waals surface area contributed by atoms with Gasteiger partial charge in [-0.25, -0.2) is 0 Å². The Morgan fingerprint density at radius 2 is 2.00 bits per heavy atom. The van der Waals surface area contributed by atoms with Crippen LogP contribution in [0.5, 0.6) is 5.75 Å². The van der Waals surface area contributed by atoms with Crippen molar-refractivity contribution in [2.45, 2.75) is 6.92 Å². The summed E-state index contributed by atoms with van der Waals surface area (Å²) >= 11 is 0. The van der Waals surface area contributed by atoms with E-state index in [0.29, 0.717) is 17.6 Å². The number of carbonyl (C=O) groups excluding carboxylic acids is 1. The number of hydrogen-bond donors (Lipinski definition) is 0. The van der Waals surface area contributed by atoms with Gasteiger partial charge in [-0.15, -0.1) is 0 Å². The normalized spacial score (nSPS) is 10.2. The van der Waals surface area contributed by atoms with Gasteiger partial charge in [0.2, 0.25) is 5.91 Å². The number of carbonyl (C=O) groups is 1. The predicted octanol–water partition coefficient (Wildman–Crippen LogP) is 1.80. The SMILES string of the molecule is COc1ccc(N(C=C[N+](=O)[O-])C(C)=O)cc1. The molecule has 0 bridgehead atoms. The number of nitro groups is 1. The number of hydrogen-bond acceptors (Lipinski definition) is 4. The molecule has 1 rings (SSSR count). The highest BCUT2D eigenvalue weighted by molar-refractivity contribution is 5.93. The Balaban J connectivity index is 2.97. The lowest BCUT2D eigenvalue weighted by Crippen LogP contribution is -2.22. The van der Waals surface area contributed by atoms with Gasteiger partial charge in [-0.3, -0.25) is 19.8 Å². The van der Waals surface area contributed by atoms with Crippen LogP contribution in [0, 0.1) is 10.1 Å². The van der Waals surface area contributed by atoms with E-state index in [1.165, 1.54) is 18.9 Å². The molecule has 0 unspecified atom stereocenters. The van der Waals surface area contributed by atoms with Gasteiger partial charge in [0.25, 0.3) is 6.20 Å². The van der Waals surface area contributed by atoms with Crippen molar-refractivity contribution in [1.82, 2.24) is 0 Å². The van der Waals surface area contributed by atoms with Gasteiger partial charge in [0, 0.05) is 12.6 Å². The Kier molecular flexibility index (Phi) is 4.21. The first-order valence-corrected chi connectivity index (χ1v) is 4.80. The highest BCUT2D eigenvalue weighted by atomic mass is 16.6. The van der Waals surface area contributed by atoms with Crippen LogP contribution in [-0.4, -0.2) is 17.9 Å². The molecular formula is C11H12N2O4. The lowest BCUT2D eigenvalue weighted by atomic mass is 10.3. The van der Waals surface area contributed by atoms with Crippen LogP contribution in [0.1, 0.15) is 6.92 Å². The third-order valence-electron chi connectivity index (χ3n) is 2.03. The second-order valence-electron chi connectivity index (χ2n) is 3.17. The van der Waals surface area contributed by atoms with E-state index >= 15 is 0 Å². The van der Waals surface area contributed by atoms with Crippen molar-refractivity contribution in [2.75, 3.05) is 12.0 Å². The van der Waals surface area contributed by atoms with Gasteiger partial charge in [0.15, 0.2) is 0 Å². The fourth-order valence-corrected chi connectivity index (χ4v) is 1.24. The van der Waals surface area contributed by atoms with Gasteiger partial charge < -0.3 is 4.74 Å². The summed E-state index contributed by atoms with van der Waals surface area (Å²) in [5, 5.41) is 10.2. The van der Waals surface area contributed by atoms with Crippen molar-refractivity contribution in [1.29, 1.82) is 0 Å². The molecule has 0 aliphatic carbocycles. The molecule has 0 N–H and O–H groups in total. The summed E-state index contributed by atoms with van der Waals surface area (Å²) < 4.78 is 4.98. The molecule has 1 amide bonds. The monoisotopic (exact) mass is 236 g/mol. The van der Waals surface area contributed by atoms with Crippen molar-refractivity contribution in [2.24, 2.45) is 0 Å². The molecular weight excluding hydrogens is 224 g/mol. The average molecular weight is 236 g/mol. The molecule has 90 valence electrons. The zero-order valence-corrected chi connectivity index (χ0v) is 9.49. The maximum atomic E-state index is 11.3. The lowest BCUT2D eigenvalue weighted by Gasteiger charge is -2.15. The Morgan fingerprint density at radius 1 is 1.41 bits per heavy atom. The standard InChI is InChI=1S/C11H12N2O4/c1-9(14)12(7-8-13(15)16)10-3-5-11(17-2)6-4-10/h3-8H,1-2H3. The number of nitrogens with zero attached hydrogens (tertiary/aromatic N) is 2. The Morgan fingerprint density at radius 3 is 2.41 bits per heavy atom. The summed E-state index contributed by atoms with van der Waals surface area (Å²) in [6, 6.07) is 6.63. The van der Waals surface area contributed by atoms with Gasteiger partial charge in [0.1, 0.15) is 5.75 Å².